The molecule has 0 aromatic heterocycles. The van der Waals surface area contributed by atoms with E-state index in [1.165, 1.54) is 5.56 Å². The Bertz CT molecular complexity index is 526. The van der Waals surface area contributed by atoms with Crippen molar-refractivity contribution in [3.8, 4) is 0 Å². The molecule has 1 aromatic rings. The maximum absolute atomic E-state index is 10.5. The molecule has 1 saturated heterocycles. The minimum atomic E-state index is -1.64. The minimum Gasteiger partial charge on any atom is -0.417 e. The highest BCUT2D eigenvalue weighted by molar-refractivity contribution is 6.74. The maximum atomic E-state index is 10.5. The fourth-order valence-electron chi connectivity index (χ4n) is 3.46. The van der Waals surface area contributed by atoms with Gasteiger partial charge in [0.25, 0.3) is 0 Å². The molecule has 1 heterocycles. The SMILES string of the molecule is CN1[C@H](CCCO[Si](C)(C)C(C)(C)C)C[C@@H](O)[C@@H]1Cc1ccccc1. The van der Waals surface area contributed by atoms with Gasteiger partial charge in [0.05, 0.1) is 6.10 Å². The molecule has 0 spiro atoms. The van der Waals surface area contributed by atoms with Crippen LogP contribution in [0.25, 0.3) is 0 Å². The lowest BCUT2D eigenvalue weighted by Gasteiger charge is -2.36. The van der Waals surface area contributed by atoms with Crippen LogP contribution >= 0.6 is 0 Å². The summed E-state index contributed by atoms with van der Waals surface area (Å²) < 4.78 is 6.30. The van der Waals surface area contributed by atoms with Crippen LogP contribution in [0.1, 0.15) is 45.6 Å². The molecular formula is C21H37NO2Si. The monoisotopic (exact) mass is 363 g/mol. The van der Waals surface area contributed by atoms with Gasteiger partial charge in [0.1, 0.15) is 0 Å². The van der Waals surface area contributed by atoms with Crippen LogP contribution in [0.3, 0.4) is 0 Å². The number of likely N-dealkylation sites (N-methyl/N-ethyl adjacent to an activating group) is 1. The van der Waals surface area contributed by atoms with Crippen molar-refractivity contribution in [2.24, 2.45) is 0 Å². The van der Waals surface area contributed by atoms with Gasteiger partial charge in [0.15, 0.2) is 8.32 Å². The number of aliphatic hydroxyl groups excluding tert-OH is 1. The van der Waals surface area contributed by atoms with Crippen LogP contribution in [0.5, 0.6) is 0 Å². The molecule has 1 aliphatic rings. The number of likely N-dealkylation sites (tertiary alicyclic amines) is 1. The van der Waals surface area contributed by atoms with E-state index in [4.69, 9.17) is 4.43 Å². The first kappa shape index (κ1) is 20.6. The number of aliphatic hydroxyl groups is 1. The molecule has 0 saturated carbocycles. The van der Waals surface area contributed by atoms with Crippen LogP contribution in [0, 0.1) is 0 Å². The molecule has 1 aromatic carbocycles. The van der Waals surface area contributed by atoms with Gasteiger partial charge in [-0.25, -0.2) is 0 Å². The van der Waals surface area contributed by atoms with Crippen LogP contribution in [0.15, 0.2) is 30.3 Å². The van der Waals surface area contributed by atoms with Gasteiger partial charge in [0.2, 0.25) is 0 Å². The molecule has 142 valence electrons. The van der Waals surface area contributed by atoms with Crippen LogP contribution < -0.4 is 0 Å². The van der Waals surface area contributed by atoms with E-state index in [9.17, 15) is 5.11 Å². The molecule has 0 bridgehead atoms. The third-order valence-corrected chi connectivity index (χ3v) is 10.8. The molecule has 1 N–H and O–H groups in total. The molecule has 0 amide bonds. The normalized spacial score (nSPS) is 25.5. The second kappa shape index (κ2) is 8.34. The van der Waals surface area contributed by atoms with Gasteiger partial charge in [-0.05, 0) is 56.4 Å². The summed E-state index contributed by atoms with van der Waals surface area (Å²) >= 11 is 0. The topological polar surface area (TPSA) is 32.7 Å². The lowest BCUT2D eigenvalue weighted by atomic mass is 10.0. The average molecular weight is 364 g/mol. The van der Waals surface area contributed by atoms with E-state index in [1.807, 2.05) is 6.07 Å². The summed E-state index contributed by atoms with van der Waals surface area (Å²) in [4.78, 5) is 2.39. The summed E-state index contributed by atoms with van der Waals surface area (Å²) in [6, 6.07) is 11.2. The first-order valence-corrected chi connectivity index (χ1v) is 12.6. The number of hydrogen-bond acceptors (Lipinski definition) is 3. The molecule has 0 radical (unpaired) electrons. The van der Waals surface area contributed by atoms with Gasteiger partial charge in [0, 0.05) is 18.7 Å². The Kier molecular flexibility index (Phi) is 6.88. The lowest BCUT2D eigenvalue weighted by molar-refractivity contribution is 0.122. The Hall–Kier alpha value is -0.683. The fraction of sp³-hybridized carbons (Fsp3) is 0.714. The summed E-state index contributed by atoms with van der Waals surface area (Å²) in [6.07, 6.45) is 3.76. The first-order chi connectivity index (χ1) is 11.6. The van der Waals surface area contributed by atoms with Crippen molar-refractivity contribution in [1.82, 2.24) is 4.90 Å². The van der Waals surface area contributed by atoms with Crippen molar-refractivity contribution >= 4 is 8.32 Å². The molecule has 0 unspecified atom stereocenters. The van der Waals surface area contributed by atoms with Gasteiger partial charge in [-0.2, -0.15) is 0 Å². The highest BCUT2D eigenvalue weighted by Crippen LogP contribution is 2.36. The van der Waals surface area contributed by atoms with Crippen LogP contribution in [-0.2, 0) is 10.8 Å². The predicted molar refractivity (Wildman–Crippen MR) is 108 cm³/mol. The first-order valence-electron chi connectivity index (χ1n) is 9.70. The summed E-state index contributed by atoms with van der Waals surface area (Å²) in [7, 11) is 0.530. The Morgan fingerprint density at radius 2 is 1.84 bits per heavy atom. The lowest BCUT2D eigenvalue weighted by Crippen LogP contribution is -2.41. The third-order valence-electron chi connectivity index (χ3n) is 6.30. The minimum absolute atomic E-state index is 0.225. The van der Waals surface area contributed by atoms with Crippen molar-refractivity contribution in [3.05, 3.63) is 35.9 Å². The smallest absolute Gasteiger partial charge is 0.191 e. The molecule has 2 rings (SSSR count). The zero-order chi connectivity index (χ0) is 18.7. The highest BCUT2D eigenvalue weighted by atomic mass is 28.4. The quantitative estimate of drug-likeness (QED) is 0.573. The van der Waals surface area contributed by atoms with Crippen LogP contribution in [0.4, 0.5) is 0 Å². The van der Waals surface area contributed by atoms with Gasteiger partial charge in [-0.15, -0.1) is 0 Å². The largest absolute Gasteiger partial charge is 0.417 e. The Morgan fingerprint density at radius 3 is 2.44 bits per heavy atom. The van der Waals surface area contributed by atoms with Gasteiger partial charge >= 0.3 is 0 Å². The fourth-order valence-corrected chi connectivity index (χ4v) is 4.55. The van der Waals surface area contributed by atoms with Crippen LogP contribution in [-0.4, -0.2) is 50.2 Å². The standard InChI is InChI=1S/C21H37NO2Si/c1-21(2,3)25(5,6)24-14-10-13-18-16-20(23)19(22(18)4)15-17-11-8-7-9-12-17/h7-9,11-12,18-20,23H,10,13-16H2,1-6H3/t18-,19+,20-/m1/s1. The third kappa shape index (κ3) is 5.39. The van der Waals surface area contributed by atoms with Gasteiger partial charge in [-0.3, -0.25) is 4.90 Å². The zero-order valence-electron chi connectivity index (χ0n) is 17.0. The van der Waals surface area contributed by atoms with Crippen LogP contribution in [0.2, 0.25) is 18.1 Å². The maximum Gasteiger partial charge on any atom is 0.191 e. The van der Waals surface area contributed by atoms with E-state index in [2.05, 4.69) is 70.1 Å². The summed E-state index contributed by atoms with van der Waals surface area (Å²) in [5.74, 6) is 0. The number of nitrogens with zero attached hydrogens (tertiary/aromatic N) is 1. The Morgan fingerprint density at radius 1 is 1.20 bits per heavy atom. The van der Waals surface area contributed by atoms with Crippen molar-refractivity contribution in [2.45, 2.75) is 82.8 Å². The summed E-state index contributed by atoms with van der Waals surface area (Å²) in [5.41, 5.74) is 1.31. The summed E-state index contributed by atoms with van der Waals surface area (Å²) in [5, 5.41) is 10.8. The molecule has 25 heavy (non-hydrogen) atoms. The van der Waals surface area contributed by atoms with Crippen molar-refractivity contribution < 1.29 is 9.53 Å². The Labute approximate surface area is 155 Å². The average Bonchev–Trinajstić information content (AvgIpc) is 2.79. The van der Waals surface area contributed by atoms with E-state index < -0.39 is 8.32 Å². The van der Waals surface area contributed by atoms with E-state index >= 15 is 0 Å². The molecular weight excluding hydrogens is 326 g/mol. The second-order valence-corrected chi connectivity index (χ2v) is 13.9. The molecule has 3 atom stereocenters. The van der Waals surface area contributed by atoms with E-state index in [0.717, 1.165) is 32.3 Å². The number of benzene rings is 1. The Balaban J connectivity index is 1.80. The summed E-state index contributed by atoms with van der Waals surface area (Å²) in [6.45, 7) is 12.3. The zero-order valence-corrected chi connectivity index (χ0v) is 18.0. The second-order valence-electron chi connectivity index (χ2n) is 9.13. The molecule has 3 nitrogen and oxygen atoms in total. The van der Waals surface area contributed by atoms with Crippen molar-refractivity contribution in [2.75, 3.05) is 13.7 Å². The predicted octanol–water partition coefficient (Wildman–Crippen LogP) is 4.46. The number of hydrogen-bond donors (Lipinski definition) is 1. The molecule has 4 heteroatoms. The van der Waals surface area contributed by atoms with E-state index in [1.54, 1.807) is 0 Å². The highest BCUT2D eigenvalue weighted by Gasteiger charge is 2.38. The van der Waals surface area contributed by atoms with Crippen molar-refractivity contribution in [1.29, 1.82) is 0 Å². The number of rotatable bonds is 7. The van der Waals surface area contributed by atoms with Gasteiger partial charge < -0.3 is 9.53 Å². The van der Waals surface area contributed by atoms with E-state index in [0.29, 0.717) is 6.04 Å². The van der Waals surface area contributed by atoms with E-state index in [-0.39, 0.29) is 17.2 Å². The molecule has 1 aliphatic heterocycles. The van der Waals surface area contributed by atoms with Crippen molar-refractivity contribution in [3.63, 3.8) is 0 Å². The molecule has 0 aliphatic carbocycles. The molecule has 1 fully saturated rings. The van der Waals surface area contributed by atoms with Gasteiger partial charge in [-0.1, -0.05) is 51.1 Å².